The summed E-state index contributed by atoms with van der Waals surface area (Å²) >= 11 is 0. The summed E-state index contributed by atoms with van der Waals surface area (Å²) in [5, 5.41) is 2.52. The van der Waals surface area contributed by atoms with Crippen molar-refractivity contribution >= 4 is 0 Å². The van der Waals surface area contributed by atoms with Crippen LogP contribution in [0, 0.1) is 0 Å². The van der Waals surface area contributed by atoms with Crippen LogP contribution in [0.1, 0.15) is 43.5 Å². The van der Waals surface area contributed by atoms with Crippen molar-refractivity contribution in [2.24, 2.45) is 0 Å². The fraction of sp³-hybridized carbons (Fsp3) is 0.600. The largest absolute Gasteiger partial charge is 0.326 e. The van der Waals surface area contributed by atoms with E-state index in [1.807, 2.05) is 19.9 Å². The smallest absolute Gasteiger partial charge is 0.305 e. The molecule has 0 radical (unpaired) electrons. The quantitative estimate of drug-likeness (QED) is 0.736. The zero-order valence-electron chi connectivity index (χ0n) is 12.0. The fourth-order valence-electron chi connectivity index (χ4n) is 2.24. The molecule has 0 fully saturated rings. The van der Waals surface area contributed by atoms with E-state index in [2.05, 4.69) is 5.32 Å². The van der Waals surface area contributed by atoms with Crippen molar-refractivity contribution in [2.75, 3.05) is 6.54 Å². The predicted octanol–water partition coefficient (Wildman–Crippen LogP) is 4.36. The van der Waals surface area contributed by atoms with E-state index in [1.165, 1.54) is 0 Å². The van der Waals surface area contributed by atoms with Gasteiger partial charge in [0.15, 0.2) is 0 Å². The topological polar surface area (TPSA) is 12.0 Å². The summed E-state index contributed by atoms with van der Waals surface area (Å²) in [6.45, 7) is 5.56. The van der Waals surface area contributed by atoms with Gasteiger partial charge in [-0.3, -0.25) is 0 Å². The van der Waals surface area contributed by atoms with Crippen molar-refractivity contribution in [2.45, 2.75) is 52.0 Å². The number of aryl methyl sites for hydroxylation is 2. The molecule has 1 N–H and O–H groups in total. The number of hydrogen-bond acceptors (Lipinski definition) is 1. The molecule has 1 nitrogen and oxygen atoms in total. The first-order valence-corrected chi connectivity index (χ1v) is 6.89. The third-order valence-electron chi connectivity index (χ3n) is 3.39. The van der Waals surface area contributed by atoms with E-state index in [-0.39, 0.29) is 12.1 Å². The summed E-state index contributed by atoms with van der Waals surface area (Å²) in [5.41, 5.74) is 1.82. The number of benzene rings is 1. The van der Waals surface area contributed by atoms with Crippen LogP contribution in [-0.2, 0) is 12.8 Å². The Morgan fingerprint density at radius 1 is 1.10 bits per heavy atom. The number of halogens is 4. The van der Waals surface area contributed by atoms with E-state index in [1.54, 1.807) is 19.1 Å². The number of hydrogen-bond donors (Lipinski definition) is 1. The predicted molar refractivity (Wildman–Crippen MR) is 72.6 cm³/mol. The summed E-state index contributed by atoms with van der Waals surface area (Å²) < 4.78 is 53.0. The molecule has 0 aliphatic rings. The Hall–Kier alpha value is -1.10. The zero-order valence-corrected chi connectivity index (χ0v) is 12.0. The molecular weight excluding hydrogens is 270 g/mol. The van der Waals surface area contributed by atoms with Gasteiger partial charge >= 0.3 is 12.3 Å². The van der Waals surface area contributed by atoms with Crippen molar-refractivity contribution < 1.29 is 17.6 Å². The molecule has 0 saturated carbocycles. The van der Waals surface area contributed by atoms with Crippen LogP contribution < -0.4 is 5.32 Å². The highest BCUT2D eigenvalue weighted by Gasteiger charge is 2.49. The molecule has 1 rings (SSSR count). The van der Waals surface area contributed by atoms with Crippen LogP contribution in [0.5, 0.6) is 0 Å². The first-order chi connectivity index (χ1) is 9.38. The Balaban J connectivity index is 3.33. The summed E-state index contributed by atoms with van der Waals surface area (Å²) in [6.07, 6.45) is -2.49. The SMILES string of the molecule is CCNC(c1cc(CC)ccc1CC)C(F)(F)C(F)F. The molecule has 1 aromatic carbocycles. The van der Waals surface area contributed by atoms with Crippen molar-refractivity contribution in [3.8, 4) is 0 Å². The van der Waals surface area contributed by atoms with Crippen LogP contribution in [0.4, 0.5) is 17.6 Å². The Labute approximate surface area is 117 Å². The highest BCUT2D eigenvalue weighted by molar-refractivity contribution is 5.36. The van der Waals surface area contributed by atoms with E-state index < -0.39 is 18.4 Å². The van der Waals surface area contributed by atoms with Gasteiger partial charge in [-0.15, -0.1) is 0 Å². The molecule has 1 atom stereocenters. The molecule has 1 unspecified atom stereocenters. The molecule has 0 aliphatic heterocycles. The minimum atomic E-state index is -4.09. The lowest BCUT2D eigenvalue weighted by atomic mass is 9.92. The van der Waals surface area contributed by atoms with Gasteiger partial charge in [0.25, 0.3) is 0 Å². The number of nitrogens with one attached hydrogen (secondary N) is 1. The van der Waals surface area contributed by atoms with E-state index in [0.29, 0.717) is 18.4 Å². The number of rotatable bonds is 7. The molecule has 1 aromatic rings. The molecule has 0 saturated heterocycles. The van der Waals surface area contributed by atoms with Crippen molar-refractivity contribution in [3.05, 3.63) is 34.9 Å². The maximum Gasteiger partial charge on any atom is 0.326 e. The summed E-state index contributed by atoms with van der Waals surface area (Å²) in [4.78, 5) is 0. The second kappa shape index (κ2) is 7.07. The van der Waals surface area contributed by atoms with Crippen LogP contribution in [0.2, 0.25) is 0 Å². The second-order valence-corrected chi connectivity index (χ2v) is 4.71. The van der Waals surface area contributed by atoms with Crippen LogP contribution in [0.3, 0.4) is 0 Å². The third-order valence-corrected chi connectivity index (χ3v) is 3.39. The maximum atomic E-state index is 13.8. The Kier molecular flexibility index (Phi) is 5.99. The minimum Gasteiger partial charge on any atom is -0.305 e. The summed E-state index contributed by atoms with van der Waals surface area (Å²) in [5.74, 6) is -4.09. The maximum absolute atomic E-state index is 13.8. The van der Waals surface area contributed by atoms with Crippen LogP contribution >= 0.6 is 0 Å². The molecule has 0 bridgehead atoms. The standard InChI is InChI=1S/C15H21F4N/c1-4-10-7-8-11(5-2)12(9-10)13(20-6-3)15(18,19)14(16)17/h7-9,13-14,20H,4-6H2,1-3H3. The normalized spacial score (nSPS) is 13.8. The van der Waals surface area contributed by atoms with Gasteiger partial charge < -0.3 is 5.32 Å². The average Bonchev–Trinajstić information content (AvgIpc) is 2.43. The van der Waals surface area contributed by atoms with Crippen molar-refractivity contribution in [3.63, 3.8) is 0 Å². The van der Waals surface area contributed by atoms with Crippen LogP contribution in [0.15, 0.2) is 18.2 Å². The highest BCUT2D eigenvalue weighted by atomic mass is 19.3. The number of alkyl halides is 4. The lowest BCUT2D eigenvalue weighted by molar-refractivity contribution is -0.151. The Morgan fingerprint density at radius 2 is 1.75 bits per heavy atom. The van der Waals surface area contributed by atoms with Gasteiger partial charge in [0.2, 0.25) is 0 Å². The first-order valence-electron chi connectivity index (χ1n) is 6.89. The van der Waals surface area contributed by atoms with Gasteiger partial charge in [0, 0.05) is 0 Å². The molecule has 0 spiro atoms. The van der Waals surface area contributed by atoms with Gasteiger partial charge in [-0.25, -0.2) is 8.78 Å². The van der Waals surface area contributed by atoms with E-state index in [0.717, 1.165) is 5.56 Å². The molecule has 0 aromatic heterocycles. The molecular formula is C15H21F4N. The molecule has 0 amide bonds. The summed E-state index contributed by atoms with van der Waals surface area (Å²) in [6, 6.07) is 3.56. The first kappa shape index (κ1) is 17.0. The highest BCUT2D eigenvalue weighted by Crippen LogP contribution is 2.38. The molecule has 20 heavy (non-hydrogen) atoms. The average molecular weight is 291 g/mol. The fourth-order valence-corrected chi connectivity index (χ4v) is 2.24. The van der Waals surface area contributed by atoms with Crippen LogP contribution in [0.25, 0.3) is 0 Å². The van der Waals surface area contributed by atoms with Gasteiger partial charge in [0.1, 0.15) is 6.04 Å². The van der Waals surface area contributed by atoms with Gasteiger partial charge in [-0.1, -0.05) is 39.0 Å². The van der Waals surface area contributed by atoms with Crippen molar-refractivity contribution in [1.82, 2.24) is 5.32 Å². The molecule has 114 valence electrons. The van der Waals surface area contributed by atoms with E-state index >= 15 is 0 Å². The van der Waals surface area contributed by atoms with E-state index in [9.17, 15) is 17.6 Å². The lowest BCUT2D eigenvalue weighted by Crippen LogP contribution is -2.43. The summed E-state index contributed by atoms with van der Waals surface area (Å²) in [7, 11) is 0. The van der Waals surface area contributed by atoms with Crippen LogP contribution in [-0.4, -0.2) is 18.9 Å². The third kappa shape index (κ3) is 3.51. The Bertz CT molecular complexity index is 432. The molecule has 0 aliphatic carbocycles. The molecule has 0 heterocycles. The molecule has 5 heteroatoms. The minimum absolute atomic E-state index is 0.201. The van der Waals surface area contributed by atoms with Gasteiger partial charge in [-0.2, -0.15) is 8.78 Å². The Morgan fingerprint density at radius 3 is 2.20 bits per heavy atom. The lowest BCUT2D eigenvalue weighted by Gasteiger charge is -2.29. The van der Waals surface area contributed by atoms with Gasteiger partial charge in [0.05, 0.1) is 0 Å². The monoisotopic (exact) mass is 291 g/mol. The van der Waals surface area contributed by atoms with Crippen molar-refractivity contribution in [1.29, 1.82) is 0 Å². The van der Waals surface area contributed by atoms with Gasteiger partial charge in [-0.05, 0) is 36.1 Å². The second-order valence-electron chi connectivity index (χ2n) is 4.71. The zero-order chi connectivity index (χ0) is 15.3. The van der Waals surface area contributed by atoms with E-state index in [4.69, 9.17) is 0 Å².